The number of rotatable bonds is 3. The Balaban J connectivity index is 1.86. The van der Waals surface area contributed by atoms with Crippen molar-refractivity contribution in [3.8, 4) is 11.5 Å². The standard InChI is InChI=1S/C15H14N2O3/c18-17(19)12-6-8-13(9-7-12)20-14-5-1-3-11-4-2-10-16-15(11)14/h1,3,5-9,16H,2,4,10H2. The van der Waals surface area contributed by atoms with Gasteiger partial charge in [0.15, 0.2) is 5.75 Å². The van der Waals surface area contributed by atoms with Crippen molar-refractivity contribution < 1.29 is 9.66 Å². The number of fused-ring (bicyclic) bond motifs is 1. The minimum atomic E-state index is -0.421. The van der Waals surface area contributed by atoms with Gasteiger partial charge in [-0.3, -0.25) is 10.1 Å². The van der Waals surface area contributed by atoms with E-state index in [2.05, 4.69) is 11.4 Å². The summed E-state index contributed by atoms with van der Waals surface area (Å²) in [6, 6.07) is 12.1. The third kappa shape index (κ3) is 2.42. The van der Waals surface area contributed by atoms with E-state index in [4.69, 9.17) is 4.74 Å². The summed E-state index contributed by atoms with van der Waals surface area (Å²) in [6.07, 6.45) is 2.16. The summed E-state index contributed by atoms with van der Waals surface area (Å²) in [4.78, 5) is 10.2. The van der Waals surface area contributed by atoms with E-state index in [0.717, 1.165) is 30.8 Å². The number of nitro groups is 1. The Hall–Kier alpha value is -2.56. The van der Waals surface area contributed by atoms with Crippen LogP contribution in [0.15, 0.2) is 42.5 Å². The Bertz CT molecular complexity index is 638. The number of aryl methyl sites for hydroxylation is 1. The first-order valence-corrected chi connectivity index (χ1v) is 6.52. The monoisotopic (exact) mass is 270 g/mol. The maximum Gasteiger partial charge on any atom is 0.269 e. The highest BCUT2D eigenvalue weighted by atomic mass is 16.6. The van der Waals surface area contributed by atoms with Gasteiger partial charge in [0.1, 0.15) is 5.75 Å². The van der Waals surface area contributed by atoms with Crippen molar-refractivity contribution in [1.82, 2.24) is 0 Å². The first kappa shape index (κ1) is 12.5. The molecule has 5 heteroatoms. The number of anilines is 1. The number of ether oxygens (including phenoxy) is 1. The van der Waals surface area contributed by atoms with E-state index in [1.54, 1.807) is 12.1 Å². The minimum Gasteiger partial charge on any atom is -0.455 e. The van der Waals surface area contributed by atoms with Crippen LogP contribution in [0.4, 0.5) is 11.4 Å². The van der Waals surface area contributed by atoms with Crippen molar-refractivity contribution in [2.75, 3.05) is 11.9 Å². The summed E-state index contributed by atoms with van der Waals surface area (Å²) in [7, 11) is 0. The number of hydrogen-bond acceptors (Lipinski definition) is 4. The van der Waals surface area contributed by atoms with Crippen molar-refractivity contribution in [2.24, 2.45) is 0 Å². The fraction of sp³-hybridized carbons (Fsp3) is 0.200. The van der Waals surface area contributed by atoms with Crippen LogP contribution in [0.2, 0.25) is 0 Å². The molecule has 0 amide bonds. The third-order valence-electron chi connectivity index (χ3n) is 3.31. The number of nitro benzene ring substituents is 1. The van der Waals surface area contributed by atoms with E-state index in [1.165, 1.54) is 17.7 Å². The van der Waals surface area contributed by atoms with Crippen LogP contribution in [-0.2, 0) is 6.42 Å². The molecule has 0 fully saturated rings. The van der Waals surface area contributed by atoms with Crippen LogP contribution in [0.25, 0.3) is 0 Å². The SMILES string of the molecule is O=[N+]([O-])c1ccc(Oc2cccc3c2NCCC3)cc1. The van der Waals surface area contributed by atoms with Gasteiger partial charge < -0.3 is 10.1 Å². The molecule has 0 saturated heterocycles. The van der Waals surface area contributed by atoms with Gasteiger partial charge in [0, 0.05) is 18.7 Å². The zero-order valence-corrected chi connectivity index (χ0v) is 10.8. The van der Waals surface area contributed by atoms with Gasteiger partial charge in [-0.05, 0) is 36.6 Å². The molecule has 0 radical (unpaired) electrons. The fourth-order valence-electron chi connectivity index (χ4n) is 2.33. The quantitative estimate of drug-likeness (QED) is 0.681. The Morgan fingerprint density at radius 2 is 1.95 bits per heavy atom. The minimum absolute atomic E-state index is 0.0607. The molecule has 1 aliphatic rings. The summed E-state index contributed by atoms with van der Waals surface area (Å²) in [5, 5.41) is 14.0. The molecule has 0 aliphatic carbocycles. The second-order valence-corrected chi connectivity index (χ2v) is 4.67. The zero-order chi connectivity index (χ0) is 13.9. The van der Waals surface area contributed by atoms with Gasteiger partial charge in [-0.1, -0.05) is 12.1 Å². The van der Waals surface area contributed by atoms with Crippen molar-refractivity contribution in [1.29, 1.82) is 0 Å². The molecule has 0 spiro atoms. The van der Waals surface area contributed by atoms with Crippen molar-refractivity contribution in [2.45, 2.75) is 12.8 Å². The van der Waals surface area contributed by atoms with Gasteiger partial charge in [-0.25, -0.2) is 0 Å². The van der Waals surface area contributed by atoms with Crippen LogP contribution in [0, 0.1) is 10.1 Å². The lowest BCUT2D eigenvalue weighted by atomic mass is 10.0. The van der Waals surface area contributed by atoms with E-state index in [9.17, 15) is 10.1 Å². The largest absolute Gasteiger partial charge is 0.455 e. The average molecular weight is 270 g/mol. The number of non-ortho nitro benzene ring substituents is 1. The maximum absolute atomic E-state index is 10.6. The second-order valence-electron chi connectivity index (χ2n) is 4.67. The molecular formula is C15H14N2O3. The van der Waals surface area contributed by atoms with Gasteiger partial charge >= 0.3 is 0 Å². The summed E-state index contributed by atoms with van der Waals surface area (Å²) >= 11 is 0. The lowest BCUT2D eigenvalue weighted by Gasteiger charge is -2.20. The highest BCUT2D eigenvalue weighted by Gasteiger charge is 2.14. The molecule has 0 bridgehead atoms. The lowest BCUT2D eigenvalue weighted by molar-refractivity contribution is -0.384. The Kier molecular flexibility index (Phi) is 3.25. The smallest absolute Gasteiger partial charge is 0.269 e. The first-order valence-electron chi connectivity index (χ1n) is 6.52. The summed E-state index contributed by atoms with van der Waals surface area (Å²) in [5.41, 5.74) is 2.33. The highest BCUT2D eigenvalue weighted by Crippen LogP contribution is 2.35. The lowest BCUT2D eigenvalue weighted by Crippen LogP contribution is -2.12. The zero-order valence-electron chi connectivity index (χ0n) is 10.8. The van der Waals surface area contributed by atoms with Gasteiger partial charge in [-0.15, -0.1) is 0 Å². The predicted octanol–water partition coefficient (Wildman–Crippen LogP) is 3.75. The molecule has 5 nitrogen and oxygen atoms in total. The highest BCUT2D eigenvalue weighted by molar-refractivity contribution is 5.64. The third-order valence-corrected chi connectivity index (χ3v) is 3.31. The van der Waals surface area contributed by atoms with Crippen molar-refractivity contribution in [3.05, 3.63) is 58.1 Å². The molecule has 0 unspecified atom stereocenters. The van der Waals surface area contributed by atoms with E-state index < -0.39 is 4.92 Å². The second kappa shape index (κ2) is 5.21. The molecule has 2 aromatic rings. The number of nitrogens with zero attached hydrogens (tertiary/aromatic N) is 1. The fourth-order valence-corrected chi connectivity index (χ4v) is 2.33. The Morgan fingerprint density at radius 1 is 1.15 bits per heavy atom. The molecule has 0 atom stereocenters. The average Bonchev–Trinajstić information content (AvgIpc) is 2.48. The Labute approximate surface area is 116 Å². The number of benzene rings is 2. The van der Waals surface area contributed by atoms with Gasteiger partial charge in [0.2, 0.25) is 0 Å². The van der Waals surface area contributed by atoms with Crippen LogP contribution in [0.5, 0.6) is 11.5 Å². The summed E-state index contributed by atoms with van der Waals surface area (Å²) in [5.74, 6) is 1.35. The molecule has 1 N–H and O–H groups in total. The van der Waals surface area contributed by atoms with Gasteiger partial charge in [0.05, 0.1) is 10.6 Å². The molecule has 3 rings (SSSR count). The van der Waals surface area contributed by atoms with E-state index in [-0.39, 0.29) is 5.69 Å². The first-order chi connectivity index (χ1) is 9.74. The van der Waals surface area contributed by atoms with E-state index in [1.807, 2.05) is 12.1 Å². The molecule has 2 aromatic carbocycles. The van der Waals surface area contributed by atoms with Crippen molar-refractivity contribution >= 4 is 11.4 Å². The molecule has 1 heterocycles. The Morgan fingerprint density at radius 3 is 2.70 bits per heavy atom. The molecule has 1 aliphatic heterocycles. The number of hydrogen-bond donors (Lipinski definition) is 1. The molecular weight excluding hydrogens is 256 g/mol. The van der Waals surface area contributed by atoms with Crippen LogP contribution >= 0.6 is 0 Å². The van der Waals surface area contributed by atoms with Gasteiger partial charge in [-0.2, -0.15) is 0 Å². The summed E-state index contributed by atoms with van der Waals surface area (Å²) in [6.45, 7) is 0.938. The van der Waals surface area contributed by atoms with Crippen LogP contribution in [0.1, 0.15) is 12.0 Å². The van der Waals surface area contributed by atoms with Crippen LogP contribution in [-0.4, -0.2) is 11.5 Å². The molecule has 102 valence electrons. The van der Waals surface area contributed by atoms with Crippen molar-refractivity contribution in [3.63, 3.8) is 0 Å². The predicted molar refractivity (Wildman–Crippen MR) is 76.4 cm³/mol. The molecule has 0 aromatic heterocycles. The van der Waals surface area contributed by atoms with Crippen LogP contribution in [0.3, 0.4) is 0 Å². The maximum atomic E-state index is 10.6. The van der Waals surface area contributed by atoms with Gasteiger partial charge in [0.25, 0.3) is 5.69 Å². The van der Waals surface area contributed by atoms with E-state index in [0.29, 0.717) is 5.75 Å². The van der Waals surface area contributed by atoms with E-state index >= 15 is 0 Å². The normalized spacial score (nSPS) is 13.2. The molecule has 0 saturated carbocycles. The molecule has 20 heavy (non-hydrogen) atoms. The summed E-state index contributed by atoms with van der Waals surface area (Å²) < 4.78 is 5.83. The number of nitrogens with one attached hydrogen (secondary N) is 1. The van der Waals surface area contributed by atoms with Crippen LogP contribution < -0.4 is 10.1 Å². The topological polar surface area (TPSA) is 64.4 Å². The number of para-hydroxylation sites is 1.